The lowest BCUT2D eigenvalue weighted by molar-refractivity contribution is 0.0989. The Labute approximate surface area is 106 Å². The molecule has 0 radical (unpaired) electrons. The molecule has 1 aromatic heterocycles. The summed E-state index contributed by atoms with van der Waals surface area (Å²) in [7, 11) is 0. The summed E-state index contributed by atoms with van der Waals surface area (Å²) < 4.78 is 6.02. The van der Waals surface area contributed by atoms with E-state index in [0.717, 1.165) is 10.0 Å². The number of carbonyl (C=O) groups is 1. The van der Waals surface area contributed by atoms with Crippen molar-refractivity contribution in [3.8, 4) is 0 Å². The molecule has 0 aliphatic carbocycles. The molecule has 0 unspecified atom stereocenters. The summed E-state index contributed by atoms with van der Waals surface area (Å²) in [6.45, 7) is 3.57. The Bertz CT molecular complexity index is 566. The fourth-order valence-electron chi connectivity index (χ4n) is 1.30. The fourth-order valence-corrected chi connectivity index (χ4v) is 1.54. The van der Waals surface area contributed by atoms with Crippen molar-refractivity contribution in [3.05, 3.63) is 40.0 Å². The number of hydrogen-bond donors (Lipinski definition) is 1. The number of rotatable bonds is 2. The minimum Gasteiger partial charge on any atom is -0.417 e. The first kappa shape index (κ1) is 11.8. The van der Waals surface area contributed by atoms with Crippen LogP contribution in [0.3, 0.4) is 0 Å². The third-order valence-corrected chi connectivity index (χ3v) is 3.03. The average molecular weight is 296 g/mol. The summed E-state index contributed by atoms with van der Waals surface area (Å²) in [4.78, 5) is 11.7. The van der Waals surface area contributed by atoms with E-state index in [1.54, 1.807) is 13.0 Å². The normalized spacial score (nSPS) is 10.3. The number of halogens is 1. The highest BCUT2D eigenvalue weighted by Crippen LogP contribution is 2.20. The lowest BCUT2D eigenvalue weighted by atomic mass is 10.2. The van der Waals surface area contributed by atoms with Gasteiger partial charge in [0.15, 0.2) is 0 Å². The molecule has 5 nitrogen and oxygen atoms in total. The zero-order chi connectivity index (χ0) is 12.4. The first-order valence-electron chi connectivity index (χ1n) is 4.94. The minimum absolute atomic E-state index is 0.0388. The predicted molar refractivity (Wildman–Crippen MR) is 65.9 cm³/mol. The third-order valence-electron chi connectivity index (χ3n) is 2.14. The molecule has 0 aliphatic heterocycles. The van der Waals surface area contributed by atoms with Crippen LogP contribution in [0.2, 0.25) is 0 Å². The predicted octanol–water partition coefficient (Wildman–Crippen LogP) is 2.70. The number of hydrogen-bond acceptors (Lipinski definition) is 4. The lowest BCUT2D eigenvalue weighted by Crippen LogP contribution is -2.12. The van der Waals surface area contributed by atoms with Crippen LogP contribution in [0.15, 0.2) is 27.1 Å². The Morgan fingerprint density at radius 1 is 1.35 bits per heavy atom. The van der Waals surface area contributed by atoms with E-state index >= 15 is 0 Å². The number of carbonyl (C=O) groups excluding carboxylic acids is 1. The van der Waals surface area contributed by atoms with Gasteiger partial charge in [0, 0.05) is 17.1 Å². The summed E-state index contributed by atoms with van der Waals surface area (Å²) in [5.74, 6) is -0.0856. The van der Waals surface area contributed by atoms with Crippen molar-refractivity contribution in [2.24, 2.45) is 0 Å². The molecule has 0 saturated heterocycles. The van der Waals surface area contributed by atoms with Gasteiger partial charge in [-0.15, -0.1) is 10.2 Å². The van der Waals surface area contributed by atoms with Gasteiger partial charge in [-0.2, -0.15) is 0 Å². The molecule has 0 fully saturated rings. The highest BCUT2D eigenvalue weighted by Gasteiger charge is 2.13. The highest BCUT2D eigenvalue weighted by atomic mass is 79.9. The number of nitrogens with one attached hydrogen (secondary N) is 1. The van der Waals surface area contributed by atoms with Gasteiger partial charge in [0.05, 0.1) is 0 Å². The van der Waals surface area contributed by atoms with Crippen LogP contribution in [0.25, 0.3) is 0 Å². The molecule has 6 heteroatoms. The summed E-state index contributed by atoms with van der Waals surface area (Å²) in [6.07, 6.45) is 0. The van der Waals surface area contributed by atoms with Gasteiger partial charge in [0.2, 0.25) is 5.89 Å². The second-order valence-electron chi connectivity index (χ2n) is 3.54. The minimum atomic E-state index is -0.410. The van der Waals surface area contributed by atoms with Crippen molar-refractivity contribution in [2.75, 3.05) is 5.32 Å². The van der Waals surface area contributed by atoms with Crippen molar-refractivity contribution in [2.45, 2.75) is 13.8 Å². The third kappa shape index (κ3) is 2.71. The second kappa shape index (κ2) is 4.67. The molecule has 0 aliphatic rings. The molecule has 0 spiro atoms. The average Bonchev–Trinajstić information content (AvgIpc) is 2.70. The van der Waals surface area contributed by atoms with E-state index in [0.29, 0.717) is 11.6 Å². The molecule has 1 amide bonds. The number of nitrogens with zero attached hydrogens (tertiary/aromatic N) is 2. The number of anilines is 1. The zero-order valence-electron chi connectivity index (χ0n) is 9.32. The quantitative estimate of drug-likeness (QED) is 0.925. The molecule has 1 N–H and O–H groups in total. The van der Waals surface area contributed by atoms with Gasteiger partial charge in [0.25, 0.3) is 0 Å². The van der Waals surface area contributed by atoms with Crippen molar-refractivity contribution in [1.29, 1.82) is 0 Å². The van der Waals surface area contributed by atoms with Crippen LogP contribution >= 0.6 is 15.9 Å². The molecule has 17 heavy (non-hydrogen) atoms. The summed E-state index contributed by atoms with van der Waals surface area (Å²) >= 11 is 3.39. The Hall–Kier alpha value is -1.69. The zero-order valence-corrected chi connectivity index (χ0v) is 10.9. The fraction of sp³-hybridized carbons (Fsp3) is 0.182. The summed E-state index contributed by atoms with van der Waals surface area (Å²) in [5.41, 5.74) is 1.72. The van der Waals surface area contributed by atoms with Crippen molar-refractivity contribution < 1.29 is 9.21 Å². The topological polar surface area (TPSA) is 68.0 Å². The van der Waals surface area contributed by atoms with Gasteiger partial charge in [0.1, 0.15) is 0 Å². The van der Waals surface area contributed by atoms with Crippen LogP contribution in [-0.4, -0.2) is 16.1 Å². The maximum absolute atomic E-state index is 11.7. The van der Waals surface area contributed by atoms with Gasteiger partial charge >= 0.3 is 11.8 Å². The maximum atomic E-state index is 11.7. The highest BCUT2D eigenvalue weighted by molar-refractivity contribution is 9.10. The number of amides is 1. The maximum Gasteiger partial charge on any atom is 0.313 e. The van der Waals surface area contributed by atoms with E-state index in [-0.39, 0.29) is 5.89 Å². The molecule has 0 saturated carbocycles. The van der Waals surface area contributed by atoms with Gasteiger partial charge in [-0.05, 0) is 30.7 Å². The van der Waals surface area contributed by atoms with Crippen LogP contribution in [0.1, 0.15) is 22.1 Å². The first-order chi connectivity index (χ1) is 8.06. The number of aryl methyl sites for hydroxylation is 2. The molecule has 2 aromatic rings. The number of benzene rings is 1. The summed E-state index contributed by atoms with van der Waals surface area (Å²) in [5, 5.41) is 9.92. The van der Waals surface area contributed by atoms with Crippen LogP contribution in [-0.2, 0) is 0 Å². The molecule has 0 atom stereocenters. The molecule has 88 valence electrons. The SMILES string of the molecule is Cc1nnc(C(=O)Nc2ccc(Br)c(C)c2)o1. The molecule has 1 aromatic carbocycles. The van der Waals surface area contributed by atoms with E-state index in [1.807, 2.05) is 19.1 Å². The van der Waals surface area contributed by atoms with Gasteiger partial charge < -0.3 is 9.73 Å². The van der Waals surface area contributed by atoms with Crippen LogP contribution in [0, 0.1) is 13.8 Å². The second-order valence-corrected chi connectivity index (χ2v) is 4.40. The molecular weight excluding hydrogens is 286 g/mol. The van der Waals surface area contributed by atoms with Gasteiger partial charge in [-0.3, -0.25) is 4.79 Å². The molecule has 0 bridgehead atoms. The van der Waals surface area contributed by atoms with E-state index in [9.17, 15) is 4.79 Å². The van der Waals surface area contributed by atoms with Gasteiger partial charge in [-0.1, -0.05) is 15.9 Å². The standard InChI is InChI=1S/C11H10BrN3O2/c1-6-5-8(3-4-9(6)12)13-10(16)11-15-14-7(2)17-11/h3-5H,1-2H3,(H,13,16). The van der Waals surface area contributed by atoms with Gasteiger partial charge in [-0.25, -0.2) is 0 Å². The first-order valence-corrected chi connectivity index (χ1v) is 5.73. The Morgan fingerprint density at radius 2 is 2.12 bits per heavy atom. The largest absolute Gasteiger partial charge is 0.417 e. The lowest BCUT2D eigenvalue weighted by Gasteiger charge is -2.04. The molecule has 1 heterocycles. The van der Waals surface area contributed by atoms with E-state index < -0.39 is 5.91 Å². The smallest absolute Gasteiger partial charge is 0.313 e. The van der Waals surface area contributed by atoms with Crippen LogP contribution in [0.5, 0.6) is 0 Å². The van der Waals surface area contributed by atoms with Crippen molar-refractivity contribution >= 4 is 27.5 Å². The number of aromatic nitrogens is 2. The van der Waals surface area contributed by atoms with Crippen LogP contribution in [0.4, 0.5) is 5.69 Å². The molecule has 2 rings (SSSR count). The summed E-state index contributed by atoms with van der Waals surface area (Å²) in [6, 6.07) is 5.51. The van der Waals surface area contributed by atoms with Crippen molar-refractivity contribution in [3.63, 3.8) is 0 Å². The van der Waals surface area contributed by atoms with E-state index in [4.69, 9.17) is 4.42 Å². The molecular formula is C11H10BrN3O2. The van der Waals surface area contributed by atoms with E-state index in [2.05, 4.69) is 31.4 Å². The van der Waals surface area contributed by atoms with Crippen molar-refractivity contribution in [1.82, 2.24) is 10.2 Å². The van der Waals surface area contributed by atoms with E-state index in [1.165, 1.54) is 0 Å². The monoisotopic (exact) mass is 295 g/mol. The Balaban J connectivity index is 2.15. The Kier molecular flexibility index (Phi) is 3.23. The van der Waals surface area contributed by atoms with Crippen LogP contribution < -0.4 is 5.32 Å². The Morgan fingerprint density at radius 3 is 2.71 bits per heavy atom.